The van der Waals surface area contributed by atoms with E-state index in [9.17, 15) is 9.59 Å². The molecule has 0 radical (unpaired) electrons. The van der Waals surface area contributed by atoms with Crippen LogP contribution in [0.1, 0.15) is 42.1 Å². The average molecular weight is 548 g/mol. The van der Waals surface area contributed by atoms with Crippen molar-refractivity contribution in [2.45, 2.75) is 33.4 Å². The maximum Gasteiger partial charge on any atom is 0.338 e. The lowest BCUT2D eigenvalue weighted by atomic mass is 9.96. The molecule has 5 aromatic rings. The van der Waals surface area contributed by atoms with Crippen LogP contribution in [0.15, 0.2) is 106 Å². The Morgan fingerprint density at radius 2 is 1.80 bits per heavy atom. The van der Waals surface area contributed by atoms with Crippen LogP contribution in [0.3, 0.4) is 0 Å². The first-order valence-corrected chi connectivity index (χ1v) is 14.1. The first kappa shape index (κ1) is 25.8. The van der Waals surface area contributed by atoms with E-state index < -0.39 is 12.0 Å². The van der Waals surface area contributed by atoms with Crippen molar-refractivity contribution >= 4 is 34.3 Å². The van der Waals surface area contributed by atoms with Gasteiger partial charge in [-0.25, -0.2) is 9.79 Å². The normalized spacial score (nSPS) is 15.3. The molecule has 1 aliphatic heterocycles. The number of ether oxygens (including phenoxy) is 1. The highest BCUT2D eigenvalue weighted by Crippen LogP contribution is 2.30. The van der Waals surface area contributed by atoms with Gasteiger partial charge in [-0.2, -0.15) is 0 Å². The molecule has 0 fully saturated rings. The van der Waals surface area contributed by atoms with Crippen LogP contribution >= 0.6 is 11.3 Å². The van der Waals surface area contributed by atoms with Crippen molar-refractivity contribution in [2.24, 2.45) is 4.99 Å². The molecule has 0 N–H and O–H groups in total. The molecule has 3 aromatic carbocycles. The maximum atomic E-state index is 14.0. The van der Waals surface area contributed by atoms with Gasteiger partial charge >= 0.3 is 5.97 Å². The molecule has 2 aromatic heterocycles. The van der Waals surface area contributed by atoms with Crippen molar-refractivity contribution in [3.63, 3.8) is 0 Å². The summed E-state index contributed by atoms with van der Waals surface area (Å²) in [4.78, 5) is 32.3. The molecular formula is C33H29N3O3S. The first-order valence-electron chi connectivity index (χ1n) is 13.3. The third-order valence-electron chi connectivity index (χ3n) is 7.17. The summed E-state index contributed by atoms with van der Waals surface area (Å²) in [6, 6.07) is 25.7. The van der Waals surface area contributed by atoms with Gasteiger partial charge in [0.15, 0.2) is 4.80 Å². The second-order valence-electron chi connectivity index (χ2n) is 9.93. The summed E-state index contributed by atoms with van der Waals surface area (Å²) < 4.78 is 9.82. The lowest BCUT2D eigenvalue weighted by molar-refractivity contribution is -0.139. The monoisotopic (exact) mass is 547 g/mol. The van der Waals surface area contributed by atoms with Crippen molar-refractivity contribution in [1.29, 1.82) is 0 Å². The van der Waals surface area contributed by atoms with Gasteiger partial charge < -0.3 is 9.30 Å². The van der Waals surface area contributed by atoms with Gasteiger partial charge in [-0.05, 0) is 44.0 Å². The van der Waals surface area contributed by atoms with Gasteiger partial charge in [0.1, 0.15) is 0 Å². The molecule has 40 heavy (non-hydrogen) atoms. The molecule has 0 saturated carbocycles. The van der Waals surface area contributed by atoms with E-state index in [4.69, 9.17) is 9.73 Å². The summed E-state index contributed by atoms with van der Waals surface area (Å²) in [5, 5.41) is 1.07. The third-order valence-corrected chi connectivity index (χ3v) is 8.16. The van der Waals surface area contributed by atoms with E-state index in [-0.39, 0.29) is 12.2 Å². The minimum absolute atomic E-state index is 0.178. The van der Waals surface area contributed by atoms with Gasteiger partial charge in [0.05, 0.1) is 28.5 Å². The van der Waals surface area contributed by atoms with Gasteiger partial charge in [-0.15, -0.1) is 0 Å². The predicted molar refractivity (Wildman–Crippen MR) is 159 cm³/mol. The summed E-state index contributed by atoms with van der Waals surface area (Å²) in [6.07, 6.45) is 4.06. The van der Waals surface area contributed by atoms with Gasteiger partial charge in [0.25, 0.3) is 5.56 Å². The zero-order valence-corrected chi connectivity index (χ0v) is 23.4. The Morgan fingerprint density at radius 1 is 1.02 bits per heavy atom. The first-order chi connectivity index (χ1) is 19.4. The Labute approximate surface area is 235 Å². The molecule has 6 rings (SSSR count). The second kappa shape index (κ2) is 10.6. The zero-order valence-electron chi connectivity index (χ0n) is 22.6. The molecule has 200 valence electrons. The van der Waals surface area contributed by atoms with Gasteiger partial charge in [0.2, 0.25) is 0 Å². The van der Waals surface area contributed by atoms with Gasteiger partial charge in [0, 0.05) is 29.2 Å². The van der Waals surface area contributed by atoms with Gasteiger partial charge in [-0.3, -0.25) is 9.36 Å². The van der Waals surface area contributed by atoms with Crippen LogP contribution in [0.5, 0.6) is 0 Å². The predicted octanol–water partition coefficient (Wildman–Crippen LogP) is 5.11. The molecule has 0 amide bonds. The van der Waals surface area contributed by atoms with Crippen LogP contribution in [0, 0.1) is 6.92 Å². The fourth-order valence-electron chi connectivity index (χ4n) is 5.41. The van der Waals surface area contributed by atoms with E-state index in [0.717, 1.165) is 28.6 Å². The maximum absolute atomic E-state index is 14.0. The molecule has 0 spiro atoms. The van der Waals surface area contributed by atoms with E-state index >= 15 is 0 Å². The van der Waals surface area contributed by atoms with E-state index in [1.165, 1.54) is 22.5 Å². The fraction of sp³-hybridized carbons (Fsp3) is 0.182. The summed E-state index contributed by atoms with van der Waals surface area (Å²) in [6.45, 7) is 6.65. The number of hydrogen-bond donors (Lipinski definition) is 0. The number of fused-ring (bicyclic) bond motifs is 2. The molecule has 1 atom stereocenters. The van der Waals surface area contributed by atoms with Crippen LogP contribution in [-0.2, 0) is 16.1 Å². The third kappa shape index (κ3) is 4.62. The topological polar surface area (TPSA) is 65.6 Å². The van der Waals surface area contributed by atoms with Crippen LogP contribution < -0.4 is 14.9 Å². The Hall–Kier alpha value is -4.49. The SMILES string of the molecule is CCOC(=O)C1=C(C)N=c2s/c(=C\c3cn(Cc4cccc(C)c4)c4ccccc34)c(=O)n2C1c1ccccc1. The number of aryl methyl sites for hydroxylation is 1. The van der Waals surface area contributed by atoms with Crippen molar-refractivity contribution in [1.82, 2.24) is 9.13 Å². The standard InChI is InChI=1S/C33H29N3O3S/c1-4-39-32(38)29-22(3)34-33-36(30(29)24-13-6-5-7-14-24)31(37)28(40-33)18-25-20-35(27-16-9-8-15-26(25)27)19-23-12-10-11-21(2)17-23/h5-18,20,30H,4,19H2,1-3H3/b28-18-. The molecule has 7 heteroatoms. The minimum atomic E-state index is -0.610. The van der Waals surface area contributed by atoms with Crippen LogP contribution in [0.25, 0.3) is 17.0 Å². The molecule has 0 aliphatic carbocycles. The van der Waals surface area contributed by atoms with Gasteiger partial charge in [-0.1, -0.05) is 89.7 Å². The number of benzene rings is 3. The number of esters is 1. The smallest absolute Gasteiger partial charge is 0.338 e. The van der Waals surface area contributed by atoms with E-state index in [1.54, 1.807) is 18.4 Å². The number of thiazole rings is 1. The molecule has 3 heterocycles. The molecule has 0 bridgehead atoms. The number of allylic oxidation sites excluding steroid dienone is 1. The van der Waals surface area contributed by atoms with E-state index in [2.05, 4.69) is 54.1 Å². The average Bonchev–Trinajstić information content (AvgIpc) is 3.45. The highest BCUT2D eigenvalue weighted by Gasteiger charge is 2.33. The molecule has 0 saturated heterocycles. The van der Waals surface area contributed by atoms with Crippen LogP contribution in [0.2, 0.25) is 0 Å². The van der Waals surface area contributed by atoms with E-state index in [1.807, 2.05) is 48.5 Å². The molecule has 1 aliphatic rings. The number of carbonyl (C=O) groups is 1. The number of para-hydroxylation sites is 1. The second-order valence-corrected chi connectivity index (χ2v) is 10.9. The Kier molecular flexibility index (Phi) is 6.82. The molecular weight excluding hydrogens is 518 g/mol. The van der Waals surface area contributed by atoms with Crippen molar-refractivity contribution in [2.75, 3.05) is 6.61 Å². The largest absolute Gasteiger partial charge is 0.463 e. The number of carbonyl (C=O) groups excluding carboxylic acids is 1. The van der Waals surface area contributed by atoms with Crippen molar-refractivity contribution in [3.8, 4) is 0 Å². The van der Waals surface area contributed by atoms with Crippen LogP contribution in [-0.4, -0.2) is 21.7 Å². The summed E-state index contributed by atoms with van der Waals surface area (Å²) in [7, 11) is 0. The summed E-state index contributed by atoms with van der Waals surface area (Å²) >= 11 is 1.34. The molecule has 6 nitrogen and oxygen atoms in total. The number of hydrogen-bond acceptors (Lipinski definition) is 5. The number of nitrogens with zero attached hydrogens (tertiary/aromatic N) is 3. The minimum Gasteiger partial charge on any atom is -0.463 e. The Morgan fingerprint density at radius 3 is 2.58 bits per heavy atom. The lowest BCUT2D eigenvalue weighted by Crippen LogP contribution is -2.39. The number of rotatable bonds is 6. The zero-order chi connectivity index (χ0) is 27.8. The van der Waals surface area contributed by atoms with Crippen molar-refractivity contribution in [3.05, 3.63) is 138 Å². The fourth-order valence-corrected chi connectivity index (χ4v) is 6.45. The Balaban J connectivity index is 1.51. The Bertz CT molecular complexity index is 1960. The van der Waals surface area contributed by atoms with Crippen LogP contribution in [0.4, 0.5) is 0 Å². The quantitative estimate of drug-likeness (QED) is 0.278. The van der Waals surface area contributed by atoms with Crippen molar-refractivity contribution < 1.29 is 9.53 Å². The highest BCUT2D eigenvalue weighted by atomic mass is 32.1. The number of aromatic nitrogens is 2. The molecule has 1 unspecified atom stereocenters. The lowest BCUT2D eigenvalue weighted by Gasteiger charge is -2.24. The summed E-state index contributed by atoms with van der Waals surface area (Å²) in [5.74, 6) is -0.453. The van der Waals surface area contributed by atoms with E-state index in [0.29, 0.717) is 20.6 Å². The highest BCUT2D eigenvalue weighted by molar-refractivity contribution is 7.07. The summed E-state index contributed by atoms with van der Waals surface area (Å²) in [5.41, 5.74) is 6.12.